The second-order valence-electron chi connectivity index (χ2n) is 5.21. The molecule has 0 aliphatic carbocycles. The molecule has 5 heteroatoms. The fraction of sp³-hybridized carbons (Fsp3) is 0.500. The Morgan fingerprint density at radius 3 is 2.42 bits per heavy atom. The fourth-order valence-corrected chi connectivity index (χ4v) is 3.14. The predicted octanol–water partition coefficient (Wildman–Crippen LogP) is 3.98. The second-order valence-corrected chi connectivity index (χ2v) is 5.99. The first-order valence-electron chi connectivity index (χ1n) is 6.49. The number of rotatable bonds is 1. The Hall–Kier alpha value is -0.930. The van der Waals surface area contributed by atoms with Crippen LogP contribution in [0.5, 0.6) is 0 Å². The van der Waals surface area contributed by atoms with Crippen molar-refractivity contribution in [1.29, 1.82) is 0 Å². The average Bonchev–Trinajstić information content (AvgIpc) is 2.33. The summed E-state index contributed by atoms with van der Waals surface area (Å²) in [6, 6.07) is 3.59. The predicted molar refractivity (Wildman–Crippen MR) is 79.8 cm³/mol. The van der Waals surface area contributed by atoms with Crippen molar-refractivity contribution in [3.8, 4) is 0 Å². The molecular weight excluding hydrogens is 283 g/mol. The number of benzene rings is 1. The van der Waals surface area contributed by atoms with Crippen LogP contribution in [0.3, 0.4) is 0 Å². The van der Waals surface area contributed by atoms with E-state index in [1.54, 1.807) is 12.1 Å². The summed E-state index contributed by atoms with van der Waals surface area (Å²) >= 11 is 12.1. The SMILES string of the molecule is C[C@@H]1CCC[C@H](C)N1C(=O)c1cc(N)cc(Cl)c1Cl. The molecule has 2 atom stereocenters. The summed E-state index contributed by atoms with van der Waals surface area (Å²) in [5.74, 6) is -0.0844. The summed E-state index contributed by atoms with van der Waals surface area (Å²) in [6.07, 6.45) is 3.19. The molecule has 3 nitrogen and oxygen atoms in total. The number of anilines is 1. The highest BCUT2D eigenvalue weighted by Gasteiger charge is 2.31. The Labute approximate surface area is 123 Å². The summed E-state index contributed by atoms with van der Waals surface area (Å²) in [7, 11) is 0. The van der Waals surface area contributed by atoms with Crippen LogP contribution in [-0.4, -0.2) is 22.9 Å². The minimum absolute atomic E-state index is 0.0844. The van der Waals surface area contributed by atoms with E-state index in [4.69, 9.17) is 28.9 Å². The van der Waals surface area contributed by atoms with Crippen molar-refractivity contribution < 1.29 is 4.79 Å². The standard InChI is InChI=1S/C14H18Cl2N2O/c1-8-4-3-5-9(2)18(8)14(19)11-6-10(17)7-12(15)13(11)16/h6-9H,3-5,17H2,1-2H3/t8-,9+. The summed E-state index contributed by atoms with van der Waals surface area (Å²) in [5, 5.41) is 0.605. The Morgan fingerprint density at radius 1 is 1.26 bits per heavy atom. The van der Waals surface area contributed by atoms with Crippen molar-refractivity contribution in [3.05, 3.63) is 27.7 Å². The highest BCUT2D eigenvalue weighted by Crippen LogP contribution is 2.32. The summed E-state index contributed by atoms with van der Waals surface area (Å²) in [5.41, 5.74) is 6.60. The van der Waals surface area contributed by atoms with Crippen LogP contribution in [-0.2, 0) is 0 Å². The first kappa shape index (κ1) is 14.5. The molecule has 0 aromatic heterocycles. The van der Waals surface area contributed by atoms with Gasteiger partial charge in [0.15, 0.2) is 0 Å². The normalized spacial score (nSPS) is 23.5. The topological polar surface area (TPSA) is 46.3 Å². The van der Waals surface area contributed by atoms with Crippen LogP contribution >= 0.6 is 23.2 Å². The van der Waals surface area contributed by atoms with E-state index in [1.807, 2.05) is 4.90 Å². The number of carbonyl (C=O) groups excluding carboxylic acids is 1. The molecule has 19 heavy (non-hydrogen) atoms. The Morgan fingerprint density at radius 2 is 1.84 bits per heavy atom. The third-order valence-corrected chi connectivity index (χ3v) is 4.51. The van der Waals surface area contributed by atoms with Gasteiger partial charge in [-0.2, -0.15) is 0 Å². The van der Waals surface area contributed by atoms with Crippen LogP contribution in [0, 0.1) is 0 Å². The zero-order chi connectivity index (χ0) is 14.2. The van der Waals surface area contributed by atoms with Gasteiger partial charge < -0.3 is 10.6 Å². The molecule has 1 amide bonds. The third-order valence-electron chi connectivity index (χ3n) is 3.71. The number of nitrogens with two attached hydrogens (primary N) is 1. The number of likely N-dealkylation sites (tertiary alicyclic amines) is 1. The number of carbonyl (C=O) groups is 1. The first-order valence-corrected chi connectivity index (χ1v) is 7.24. The maximum atomic E-state index is 12.7. The summed E-state index contributed by atoms with van der Waals surface area (Å²) in [4.78, 5) is 14.6. The van der Waals surface area contributed by atoms with E-state index < -0.39 is 0 Å². The highest BCUT2D eigenvalue weighted by molar-refractivity contribution is 6.44. The Kier molecular flexibility index (Phi) is 4.26. The van der Waals surface area contributed by atoms with E-state index in [1.165, 1.54) is 0 Å². The van der Waals surface area contributed by atoms with Crippen LogP contribution in [0.1, 0.15) is 43.5 Å². The van der Waals surface area contributed by atoms with Gasteiger partial charge in [0.2, 0.25) is 0 Å². The van der Waals surface area contributed by atoms with Crippen LogP contribution in [0.2, 0.25) is 10.0 Å². The monoisotopic (exact) mass is 300 g/mol. The largest absolute Gasteiger partial charge is 0.399 e. The zero-order valence-electron chi connectivity index (χ0n) is 11.1. The lowest BCUT2D eigenvalue weighted by Gasteiger charge is -2.39. The van der Waals surface area contributed by atoms with Crippen LogP contribution in [0.4, 0.5) is 5.69 Å². The van der Waals surface area contributed by atoms with E-state index >= 15 is 0 Å². The molecule has 1 saturated heterocycles. The maximum Gasteiger partial charge on any atom is 0.255 e. The second kappa shape index (κ2) is 5.59. The van der Waals surface area contributed by atoms with Crippen LogP contribution in [0.15, 0.2) is 12.1 Å². The van der Waals surface area contributed by atoms with Gasteiger partial charge in [-0.3, -0.25) is 4.79 Å². The molecule has 1 aliphatic heterocycles. The molecule has 104 valence electrons. The van der Waals surface area contributed by atoms with Crippen LogP contribution in [0.25, 0.3) is 0 Å². The minimum atomic E-state index is -0.0844. The molecule has 0 unspecified atom stereocenters. The molecule has 1 aliphatic rings. The molecule has 1 heterocycles. The lowest BCUT2D eigenvalue weighted by Crippen LogP contribution is -2.47. The maximum absolute atomic E-state index is 12.7. The minimum Gasteiger partial charge on any atom is -0.399 e. The lowest BCUT2D eigenvalue weighted by atomic mass is 9.96. The number of nitrogens with zero attached hydrogens (tertiary/aromatic N) is 1. The number of hydrogen-bond donors (Lipinski definition) is 1. The Balaban J connectivity index is 2.38. The molecule has 1 fully saturated rings. The van der Waals surface area contributed by atoms with E-state index in [-0.39, 0.29) is 23.0 Å². The van der Waals surface area contributed by atoms with Gasteiger partial charge in [0.05, 0.1) is 15.6 Å². The van der Waals surface area contributed by atoms with Crippen molar-refractivity contribution in [1.82, 2.24) is 4.90 Å². The lowest BCUT2D eigenvalue weighted by molar-refractivity contribution is 0.0511. The third kappa shape index (κ3) is 2.82. The van der Waals surface area contributed by atoms with Gasteiger partial charge >= 0.3 is 0 Å². The quantitative estimate of drug-likeness (QED) is 0.798. The molecular formula is C14H18Cl2N2O. The van der Waals surface area contributed by atoms with Crippen molar-refractivity contribution in [2.45, 2.75) is 45.2 Å². The van der Waals surface area contributed by atoms with Gasteiger partial charge in [0.25, 0.3) is 5.91 Å². The number of piperidine rings is 1. The average molecular weight is 301 g/mol. The molecule has 0 bridgehead atoms. The molecule has 0 saturated carbocycles. The molecule has 0 spiro atoms. The number of nitrogen functional groups attached to an aromatic ring is 1. The zero-order valence-corrected chi connectivity index (χ0v) is 12.6. The first-order chi connectivity index (χ1) is 8.91. The van der Waals surface area contributed by atoms with Crippen molar-refractivity contribution >= 4 is 34.8 Å². The van der Waals surface area contributed by atoms with Crippen molar-refractivity contribution in [2.75, 3.05) is 5.73 Å². The van der Waals surface area contributed by atoms with E-state index in [9.17, 15) is 4.79 Å². The molecule has 2 rings (SSSR count). The Bertz CT molecular complexity index is 494. The summed E-state index contributed by atoms with van der Waals surface area (Å²) < 4.78 is 0. The van der Waals surface area contributed by atoms with E-state index in [2.05, 4.69) is 13.8 Å². The highest BCUT2D eigenvalue weighted by atomic mass is 35.5. The van der Waals surface area contributed by atoms with E-state index in [0.717, 1.165) is 19.3 Å². The molecule has 1 aromatic carbocycles. The molecule has 1 aromatic rings. The van der Waals surface area contributed by atoms with Crippen LogP contribution < -0.4 is 5.73 Å². The molecule has 2 N–H and O–H groups in total. The van der Waals surface area contributed by atoms with Gasteiger partial charge in [0, 0.05) is 17.8 Å². The number of hydrogen-bond acceptors (Lipinski definition) is 2. The van der Waals surface area contributed by atoms with Gasteiger partial charge in [0.1, 0.15) is 0 Å². The van der Waals surface area contributed by atoms with Crippen molar-refractivity contribution in [3.63, 3.8) is 0 Å². The van der Waals surface area contributed by atoms with Gasteiger partial charge in [-0.25, -0.2) is 0 Å². The van der Waals surface area contributed by atoms with Gasteiger partial charge in [-0.05, 0) is 45.2 Å². The van der Waals surface area contributed by atoms with Gasteiger partial charge in [-0.15, -0.1) is 0 Å². The van der Waals surface area contributed by atoms with Gasteiger partial charge in [-0.1, -0.05) is 23.2 Å². The smallest absolute Gasteiger partial charge is 0.255 e. The fourth-order valence-electron chi connectivity index (χ4n) is 2.73. The number of amides is 1. The van der Waals surface area contributed by atoms with Crippen molar-refractivity contribution in [2.24, 2.45) is 0 Å². The van der Waals surface area contributed by atoms with E-state index in [0.29, 0.717) is 16.3 Å². The summed E-state index contributed by atoms with van der Waals surface area (Å²) in [6.45, 7) is 4.13. The molecule has 0 radical (unpaired) electrons. The number of halogens is 2.